The third-order valence-corrected chi connectivity index (χ3v) is 3.59. The molecular weight excluding hydrogens is 250 g/mol. The summed E-state index contributed by atoms with van der Waals surface area (Å²) in [6.07, 6.45) is -0.492. The van der Waals surface area contributed by atoms with E-state index in [0.29, 0.717) is 19.8 Å². The fraction of sp³-hybridized carbons (Fsp3) is 0.294. The van der Waals surface area contributed by atoms with E-state index in [2.05, 4.69) is 41.0 Å². The minimum absolute atomic E-state index is 0.372. The molecule has 0 spiro atoms. The van der Waals surface area contributed by atoms with Gasteiger partial charge in [0.15, 0.2) is 0 Å². The molecule has 3 heteroatoms. The minimum atomic E-state index is -0.492. The maximum atomic E-state index is 10.1. The Morgan fingerprint density at radius 3 is 2.10 bits per heavy atom. The van der Waals surface area contributed by atoms with Crippen molar-refractivity contribution >= 4 is 21.8 Å². The number of aliphatic hydroxyl groups is 1. The summed E-state index contributed by atoms with van der Waals surface area (Å²) >= 11 is 0. The fourth-order valence-electron chi connectivity index (χ4n) is 2.72. The Hall–Kier alpha value is -1.84. The summed E-state index contributed by atoms with van der Waals surface area (Å²) < 4.78 is 7.48. The van der Waals surface area contributed by atoms with E-state index >= 15 is 0 Å². The zero-order chi connectivity index (χ0) is 13.9. The molecule has 0 aliphatic heterocycles. The number of aromatic nitrogens is 1. The largest absolute Gasteiger partial charge is 0.389 e. The molecule has 0 bridgehead atoms. The van der Waals surface area contributed by atoms with E-state index < -0.39 is 6.10 Å². The summed E-state index contributed by atoms with van der Waals surface area (Å²) in [5, 5.41) is 12.6. The smallest absolute Gasteiger partial charge is 0.0952 e. The number of nitrogens with zero attached hydrogens (tertiary/aromatic N) is 1. The SMILES string of the molecule is CCOCC(O)Cn1c2ccccc2c2ccccc21. The number of para-hydroxylation sites is 2. The first-order valence-electron chi connectivity index (χ1n) is 7.03. The summed E-state index contributed by atoms with van der Waals surface area (Å²) in [6.45, 7) is 3.49. The van der Waals surface area contributed by atoms with Crippen LogP contribution in [0.4, 0.5) is 0 Å². The number of hydrogen-bond acceptors (Lipinski definition) is 2. The van der Waals surface area contributed by atoms with Crippen LogP contribution >= 0.6 is 0 Å². The van der Waals surface area contributed by atoms with Gasteiger partial charge in [0.2, 0.25) is 0 Å². The molecule has 1 unspecified atom stereocenters. The van der Waals surface area contributed by atoms with Crippen LogP contribution in [0.2, 0.25) is 0 Å². The first-order valence-corrected chi connectivity index (χ1v) is 7.03. The van der Waals surface area contributed by atoms with Gasteiger partial charge in [-0.25, -0.2) is 0 Å². The van der Waals surface area contributed by atoms with Crippen molar-refractivity contribution in [1.29, 1.82) is 0 Å². The van der Waals surface area contributed by atoms with E-state index in [9.17, 15) is 5.11 Å². The van der Waals surface area contributed by atoms with Crippen molar-refractivity contribution in [1.82, 2.24) is 4.57 Å². The van der Waals surface area contributed by atoms with Gasteiger partial charge >= 0.3 is 0 Å². The second kappa shape index (κ2) is 5.65. The lowest BCUT2D eigenvalue weighted by molar-refractivity contribution is 0.0347. The summed E-state index contributed by atoms with van der Waals surface area (Å²) in [4.78, 5) is 0. The van der Waals surface area contributed by atoms with Crippen molar-refractivity contribution in [2.24, 2.45) is 0 Å². The molecule has 0 aliphatic carbocycles. The van der Waals surface area contributed by atoms with E-state index in [-0.39, 0.29) is 0 Å². The number of fused-ring (bicyclic) bond motifs is 3. The van der Waals surface area contributed by atoms with Gasteiger partial charge in [-0.1, -0.05) is 36.4 Å². The van der Waals surface area contributed by atoms with Crippen molar-refractivity contribution in [2.75, 3.05) is 13.2 Å². The monoisotopic (exact) mass is 269 g/mol. The molecule has 3 aromatic rings. The molecule has 0 saturated heterocycles. The van der Waals surface area contributed by atoms with Crippen LogP contribution in [0, 0.1) is 0 Å². The Kier molecular flexibility index (Phi) is 3.72. The van der Waals surface area contributed by atoms with E-state index in [1.165, 1.54) is 10.8 Å². The topological polar surface area (TPSA) is 34.4 Å². The van der Waals surface area contributed by atoms with E-state index in [0.717, 1.165) is 11.0 Å². The Morgan fingerprint density at radius 1 is 1.00 bits per heavy atom. The second-order valence-electron chi connectivity index (χ2n) is 4.96. The molecule has 0 amide bonds. The molecule has 1 heterocycles. The molecule has 0 saturated carbocycles. The maximum Gasteiger partial charge on any atom is 0.0952 e. The normalized spacial score (nSPS) is 13.1. The molecule has 2 aromatic carbocycles. The van der Waals surface area contributed by atoms with Crippen LogP contribution in [0.25, 0.3) is 21.8 Å². The number of aliphatic hydroxyl groups excluding tert-OH is 1. The number of hydrogen-bond donors (Lipinski definition) is 1. The molecule has 20 heavy (non-hydrogen) atoms. The van der Waals surface area contributed by atoms with Gasteiger partial charge in [-0.05, 0) is 19.1 Å². The predicted octanol–water partition coefficient (Wildman–Crippen LogP) is 3.19. The molecule has 0 radical (unpaired) electrons. The summed E-state index contributed by atoms with van der Waals surface area (Å²) in [6, 6.07) is 16.6. The van der Waals surface area contributed by atoms with Crippen LogP contribution in [0.5, 0.6) is 0 Å². The Balaban J connectivity index is 2.07. The lowest BCUT2D eigenvalue weighted by Crippen LogP contribution is -2.21. The highest BCUT2D eigenvalue weighted by atomic mass is 16.5. The van der Waals surface area contributed by atoms with Crippen LogP contribution in [0.15, 0.2) is 48.5 Å². The highest BCUT2D eigenvalue weighted by Gasteiger charge is 2.12. The van der Waals surface area contributed by atoms with E-state index in [4.69, 9.17) is 4.74 Å². The molecule has 1 atom stereocenters. The third-order valence-electron chi connectivity index (χ3n) is 3.59. The van der Waals surface area contributed by atoms with Gasteiger partial charge in [-0.15, -0.1) is 0 Å². The van der Waals surface area contributed by atoms with Gasteiger partial charge in [0, 0.05) is 28.4 Å². The maximum absolute atomic E-state index is 10.1. The quantitative estimate of drug-likeness (QED) is 0.772. The summed E-state index contributed by atoms with van der Waals surface area (Å²) in [5.74, 6) is 0. The Bertz CT molecular complexity index is 664. The summed E-state index contributed by atoms with van der Waals surface area (Å²) in [7, 11) is 0. The highest BCUT2D eigenvalue weighted by molar-refractivity contribution is 6.07. The van der Waals surface area contributed by atoms with Gasteiger partial charge < -0.3 is 14.4 Å². The van der Waals surface area contributed by atoms with Crippen molar-refractivity contribution in [3.05, 3.63) is 48.5 Å². The van der Waals surface area contributed by atoms with Crippen LogP contribution in [-0.4, -0.2) is 29.0 Å². The van der Waals surface area contributed by atoms with Crippen LogP contribution in [0.1, 0.15) is 6.92 Å². The molecule has 1 aromatic heterocycles. The molecule has 3 rings (SSSR count). The lowest BCUT2D eigenvalue weighted by Gasteiger charge is -2.13. The fourth-order valence-corrected chi connectivity index (χ4v) is 2.72. The molecule has 1 N–H and O–H groups in total. The number of ether oxygens (including phenoxy) is 1. The molecular formula is C17H19NO2. The molecule has 3 nitrogen and oxygen atoms in total. The van der Waals surface area contributed by atoms with Crippen molar-refractivity contribution < 1.29 is 9.84 Å². The molecule has 0 aliphatic rings. The molecule has 0 fully saturated rings. The first kappa shape index (κ1) is 13.2. The van der Waals surface area contributed by atoms with Gasteiger partial charge in [0.05, 0.1) is 19.3 Å². The van der Waals surface area contributed by atoms with Crippen molar-refractivity contribution in [3.8, 4) is 0 Å². The van der Waals surface area contributed by atoms with Crippen LogP contribution in [-0.2, 0) is 11.3 Å². The third kappa shape index (κ3) is 2.30. The molecule has 104 valence electrons. The average Bonchev–Trinajstić information content (AvgIpc) is 2.80. The van der Waals surface area contributed by atoms with Gasteiger partial charge in [-0.2, -0.15) is 0 Å². The number of rotatable bonds is 5. The zero-order valence-electron chi connectivity index (χ0n) is 11.6. The van der Waals surface area contributed by atoms with Crippen LogP contribution in [0.3, 0.4) is 0 Å². The van der Waals surface area contributed by atoms with E-state index in [1.807, 2.05) is 19.1 Å². The number of benzene rings is 2. The second-order valence-corrected chi connectivity index (χ2v) is 4.96. The van der Waals surface area contributed by atoms with Crippen molar-refractivity contribution in [3.63, 3.8) is 0 Å². The van der Waals surface area contributed by atoms with Gasteiger partial charge in [0.1, 0.15) is 0 Å². The average molecular weight is 269 g/mol. The van der Waals surface area contributed by atoms with E-state index in [1.54, 1.807) is 0 Å². The Labute approximate surface area is 118 Å². The highest BCUT2D eigenvalue weighted by Crippen LogP contribution is 2.28. The van der Waals surface area contributed by atoms with Crippen LogP contribution < -0.4 is 0 Å². The first-order chi connectivity index (χ1) is 9.81. The Morgan fingerprint density at radius 2 is 1.55 bits per heavy atom. The lowest BCUT2D eigenvalue weighted by atomic mass is 10.2. The minimum Gasteiger partial charge on any atom is -0.389 e. The predicted molar refractivity (Wildman–Crippen MR) is 81.9 cm³/mol. The zero-order valence-corrected chi connectivity index (χ0v) is 11.6. The van der Waals surface area contributed by atoms with Crippen molar-refractivity contribution in [2.45, 2.75) is 19.6 Å². The van der Waals surface area contributed by atoms with Gasteiger partial charge in [-0.3, -0.25) is 0 Å². The summed E-state index contributed by atoms with van der Waals surface area (Å²) in [5.41, 5.74) is 2.31. The standard InChI is InChI=1S/C17H19NO2/c1-2-20-12-13(19)11-18-16-9-5-3-7-14(16)15-8-4-6-10-17(15)18/h3-10,13,19H,2,11-12H2,1H3. The van der Waals surface area contributed by atoms with Gasteiger partial charge in [0.25, 0.3) is 0 Å².